The van der Waals surface area contributed by atoms with E-state index >= 15 is 0 Å². The lowest BCUT2D eigenvalue weighted by molar-refractivity contribution is -0.121. The number of rotatable bonds is 5. The van der Waals surface area contributed by atoms with Crippen LogP contribution in [0.3, 0.4) is 0 Å². The fraction of sp³-hybridized carbons (Fsp3) is 0.500. The number of fused-ring (bicyclic) bond motifs is 1. The highest BCUT2D eigenvalue weighted by Crippen LogP contribution is 2.08. The van der Waals surface area contributed by atoms with Gasteiger partial charge in [-0.05, 0) is 31.4 Å². The van der Waals surface area contributed by atoms with E-state index in [2.05, 4.69) is 34.6 Å². The van der Waals surface area contributed by atoms with Crippen LogP contribution >= 0.6 is 0 Å². The van der Waals surface area contributed by atoms with E-state index in [0.717, 1.165) is 11.2 Å². The molecule has 2 aromatic heterocycles. The monoisotopic (exact) mass is 275 g/mol. The molecule has 1 atom stereocenters. The predicted molar refractivity (Wildman–Crippen MR) is 78.7 cm³/mol. The van der Waals surface area contributed by atoms with Gasteiger partial charge in [-0.25, -0.2) is 4.52 Å². The van der Waals surface area contributed by atoms with Crippen molar-refractivity contribution in [3.05, 3.63) is 23.9 Å². The van der Waals surface area contributed by atoms with Crippen LogP contribution < -0.4 is 10.6 Å². The third-order valence-corrected chi connectivity index (χ3v) is 2.90. The van der Waals surface area contributed by atoms with Crippen LogP contribution in [0.15, 0.2) is 18.3 Å². The molecule has 2 rings (SSSR count). The molecule has 2 N–H and O–H groups in total. The molecule has 2 heterocycles. The molecule has 0 aromatic carbocycles. The van der Waals surface area contributed by atoms with E-state index in [-0.39, 0.29) is 11.9 Å². The highest BCUT2D eigenvalue weighted by atomic mass is 16.2. The molecule has 0 aliphatic heterocycles. The summed E-state index contributed by atoms with van der Waals surface area (Å²) >= 11 is 0. The van der Waals surface area contributed by atoms with E-state index in [1.165, 1.54) is 0 Å². The molecule has 0 aliphatic carbocycles. The van der Waals surface area contributed by atoms with Gasteiger partial charge < -0.3 is 10.6 Å². The number of aryl methyl sites for hydroxylation is 1. The molecular weight excluding hydrogens is 254 g/mol. The maximum absolute atomic E-state index is 11.9. The number of aromatic nitrogens is 3. The summed E-state index contributed by atoms with van der Waals surface area (Å²) in [5.41, 5.74) is 1.87. The van der Waals surface area contributed by atoms with Crippen LogP contribution in [0.2, 0.25) is 0 Å². The van der Waals surface area contributed by atoms with Crippen LogP contribution in [-0.2, 0) is 4.79 Å². The minimum absolute atomic E-state index is 0.0475. The molecule has 6 nitrogen and oxygen atoms in total. The van der Waals surface area contributed by atoms with E-state index in [4.69, 9.17) is 0 Å². The van der Waals surface area contributed by atoms with Gasteiger partial charge in [0.2, 0.25) is 11.9 Å². The molecule has 0 spiro atoms. The summed E-state index contributed by atoms with van der Waals surface area (Å²) in [4.78, 5) is 16.2. The first kappa shape index (κ1) is 14.3. The second-order valence-corrected chi connectivity index (χ2v) is 5.45. The minimum Gasteiger partial charge on any atom is -0.354 e. The second kappa shape index (κ2) is 5.90. The van der Waals surface area contributed by atoms with Crippen molar-refractivity contribution < 1.29 is 4.79 Å². The van der Waals surface area contributed by atoms with E-state index in [9.17, 15) is 4.79 Å². The van der Waals surface area contributed by atoms with Crippen molar-refractivity contribution in [3.8, 4) is 0 Å². The van der Waals surface area contributed by atoms with Crippen LogP contribution in [0.5, 0.6) is 0 Å². The number of nitrogens with one attached hydrogen (secondary N) is 2. The Hall–Kier alpha value is -2.11. The highest BCUT2D eigenvalue weighted by Gasteiger charge is 2.14. The fourth-order valence-corrected chi connectivity index (χ4v) is 1.76. The lowest BCUT2D eigenvalue weighted by Gasteiger charge is -2.13. The summed E-state index contributed by atoms with van der Waals surface area (Å²) in [6, 6.07) is 3.51. The van der Waals surface area contributed by atoms with E-state index < -0.39 is 0 Å². The lowest BCUT2D eigenvalue weighted by Crippen LogP contribution is -2.39. The quantitative estimate of drug-likeness (QED) is 0.869. The first-order chi connectivity index (χ1) is 9.45. The van der Waals surface area contributed by atoms with Gasteiger partial charge in [0.15, 0.2) is 5.65 Å². The van der Waals surface area contributed by atoms with Gasteiger partial charge in [0.05, 0.1) is 0 Å². The number of nitrogens with zero attached hydrogens (tertiary/aromatic N) is 3. The molecule has 2 aromatic rings. The van der Waals surface area contributed by atoms with Gasteiger partial charge in [0, 0.05) is 12.7 Å². The number of carbonyl (C=O) groups excluding carboxylic acids is 1. The van der Waals surface area contributed by atoms with Gasteiger partial charge in [-0.3, -0.25) is 4.79 Å². The van der Waals surface area contributed by atoms with Crippen molar-refractivity contribution in [1.82, 2.24) is 19.9 Å². The third-order valence-electron chi connectivity index (χ3n) is 2.90. The van der Waals surface area contributed by atoms with Gasteiger partial charge >= 0.3 is 0 Å². The largest absolute Gasteiger partial charge is 0.354 e. The lowest BCUT2D eigenvalue weighted by atomic mass is 10.2. The summed E-state index contributed by atoms with van der Waals surface area (Å²) in [7, 11) is 0. The maximum Gasteiger partial charge on any atom is 0.243 e. The molecular formula is C14H21N5O. The van der Waals surface area contributed by atoms with Crippen molar-refractivity contribution in [2.24, 2.45) is 5.92 Å². The average Bonchev–Trinajstić information content (AvgIpc) is 2.76. The van der Waals surface area contributed by atoms with Crippen molar-refractivity contribution in [2.45, 2.75) is 33.7 Å². The number of hydrogen-bond acceptors (Lipinski definition) is 4. The summed E-state index contributed by atoms with van der Waals surface area (Å²) in [5.74, 6) is 0.846. The van der Waals surface area contributed by atoms with Crippen LogP contribution in [0.4, 0.5) is 5.95 Å². The standard InChI is InChI=1S/C14H21N5O/c1-9(2)7-15-13(20)11(4)16-14-17-12-6-5-10(3)8-19(12)18-14/h5-6,8-9,11H,7H2,1-4H3,(H,15,20)(H,16,18). The molecule has 0 fully saturated rings. The van der Waals surface area contributed by atoms with Crippen LogP contribution in [0, 0.1) is 12.8 Å². The Morgan fingerprint density at radius 3 is 2.80 bits per heavy atom. The first-order valence-electron chi connectivity index (χ1n) is 6.83. The Morgan fingerprint density at radius 1 is 1.35 bits per heavy atom. The Bertz CT molecular complexity index is 605. The van der Waals surface area contributed by atoms with Gasteiger partial charge in [-0.15, -0.1) is 5.10 Å². The van der Waals surface area contributed by atoms with E-state index in [0.29, 0.717) is 18.4 Å². The van der Waals surface area contributed by atoms with Crippen LogP contribution in [-0.4, -0.2) is 33.1 Å². The highest BCUT2D eigenvalue weighted by molar-refractivity contribution is 5.83. The van der Waals surface area contributed by atoms with Gasteiger partial charge in [-0.1, -0.05) is 19.9 Å². The smallest absolute Gasteiger partial charge is 0.243 e. The molecule has 108 valence electrons. The normalized spacial score (nSPS) is 12.7. The SMILES string of the molecule is Cc1ccc2nc(NC(C)C(=O)NCC(C)C)nn2c1. The zero-order valence-electron chi connectivity index (χ0n) is 12.3. The molecule has 0 radical (unpaired) electrons. The molecule has 0 bridgehead atoms. The molecule has 0 aliphatic rings. The van der Waals surface area contributed by atoms with Crippen LogP contribution in [0.1, 0.15) is 26.3 Å². The number of amides is 1. The second-order valence-electron chi connectivity index (χ2n) is 5.45. The summed E-state index contributed by atoms with van der Waals surface area (Å²) in [6.45, 7) is 8.58. The van der Waals surface area contributed by atoms with Crippen molar-refractivity contribution in [1.29, 1.82) is 0 Å². The van der Waals surface area contributed by atoms with Gasteiger partial charge in [0.1, 0.15) is 6.04 Å². The Kier molecular flexibility index (Phi) is 4.22. The molecule has 1 amide bonds. The Labute approximate surface area is 118 Å². The van der Waals surface area contributed by atoms with Crippen LogP contribution in [0.25, 0.3) is 5.65 Å². The molecule has 0 saturated heterocycles. The zero-order valence-corrected chi connectivity index (χ0v) is 12.3. The summed E-state index contributed by atoms with van der Waals surface area (Å²) < 4.78 is 1.70. The minimum atomic E-state index is -0.368. The van der Waals surface area contributed by atoms with Gasteiger partial charge in [0.25, 0.3) is 0 Å². The fourth-order valence-electron chi connectivity index (χ4n) is 1.76. The van der Waals surface area contributed by atoms with Crippen molar-refractivity contribution in [2.75, 3.05) is 11.9 Å². The number of carbonyl (C=O) groups is 1. The summed E-state index contributed by atoms with van der Waals surface area (Å²) in [5, 5.41) is 10.2. The number of pyridine rings is 1. The average molecular weight is 275 g/mol. The topological polar surface area (TPSA) is 71.3 Å². The Morgan fingerprint density at radius 2 is 2.10 bits per heavy atom. The number of anilines is 1. The zero-order chi connectivity index (χ0) is 14.7. The van der Waals surface area contributed by atoms with Crippen molar-refractivity contribution >= 4 is 17.5 Å². The molecule has 20 heavy (non-hydrogen) atoms. The van der Waals surface area contributed by atoms with E-state index in [1.54, 1.807) is 11.4 Å². The molecule has 6 heteroatoms. The van der Waals surface area contributed by atoms with Crippen molar-refractivity contribution in [3.63, 3.8) is 0 Å². The maximum atomic E-state index is 11.9. The number of hydrogen-bond donors (Lipinski definition) is 2. The first-order valence-corrected chi connectivity index (χ1v) is 6.83. The molecule has 0 saturated carbocycles. The van der Waals surface area contributed by atoms with E-state index in [1.807, 2.05) is 25.3 Å². The van der Waals surface area contributed by atoms with Gasteiger partial charge in [-0.2, -0.15) is 4.98 Å². The predicted octanol–water partition coefficient (Wildman–Crippen LogP) is 1.61. The molecule has 1 unspecified atom stereocenters. The summed E-state index contributed by atoms with van der Waals surface area (Å²) in [6.07, 6.45) is 1.90. The third kappa shape index (κ3) is 3.46. The Balaban J connectivity index is 2.02.